The van der Waals surface area contributed by atoms with Crippen LogP contribution < -0.4 is 5.32 Å². The van der Waals surface area contributed by atoms with Crippen molar-refractivity contribution in [1.29, 1.82) is 0 Å². The van der Waals surface area contributed by atoms with E-state index in [-0.39, 0.29) is 0 Å². The summed E-state index contributed by atoms with van der Waals surface area (Å²) in [5.74, 6) is 0.397. The first-order chi connectivity index (χ1) is 12.5. The number of hydrogen-bond acceptors (Lipinski definition) is 4. The maximum Gasteiger partial charge on any atom is 0.206 e. The second-order valence-electron chi connectivity index (χ2n) is 7.44. The SMILES string of the molecule is CCN1CC[C@@H]2c3cc(S(=O)(=O)c4cccc(C)c4)ccc3N[C@@H]2CC1. The van der Waals surface area contributed by atoms with E-state index in [4.69, 9.17) is 0 Å². The molecule has 1 fully saturated rings. The Morgan fingerprint density at radius 3 is 2.62 bits per heavy atom. The maximum absolute atomic E-state index is 13.1. The molecule has 0 saturated carbocycles. The third-order valence-electron chi connectivity index (χ3n) is 5.82. The summed E-state index contributed by atoms with van der Waals surface area (Å²) in [6, 6.07) is 13.2. The highest BCUT2D eigenvalue weighted by molar-refractivity contribution is 7.91. The Balaban J connectivity index is 1.69. The summed E-state index contributed by atoms with van der Waals surface area (Å²) in [6.45, 7) is 7.38. The average molecular weight is 371 g/mol. The highest BCUT2D eigenvalue weighted by Gasteiger charge is 2.35. The number of aryl methyl sites for hydroxylation is 1. The van der Waals surface area contributed by atoms with Gasteiger partial charge in [-0.1, -0.05) is 19.1 Å². The molecule has 0 spiro atoms. The lowest BCUT2D eigenvalue weighted by Crippen LogP contribution is -2.25. The zero-order chi connectivity index (χ0) is 18.3. The van der Waals surface area contributed by atoms with Crippen molar-refractivity contribution < 1.29 is 8.42 Å². The molecule has 5 heteroatoms. The normalized spacial score (nSPS) is 23.0. The summed E-state index contributed by atoms with van der Waals surface area (Å²) < 4.78 is 26.2. The van der Waals surface area contributed by atoms with Gasteiger partial charge in [0.1, 0.15) is 0 Å². The van der Waals surface area contributed by atoms with Crippen molar-refractivity contribution in [3.63, 3.8) is 0 Å². The molecule has 2 aromatic carbocycles. The average Bonchev–Trinajstić information content (AvgIpc) is 2.85. The smallest absolute Gasteiger partial charge is 0.206 e. The van der Waals surface area contributed by atoms with E-state index in [2.05, 4.69) is 17.1 Å². The van der Waals surface area contributed by atoms with Crippen molar-refractivity contribution in [1.82, 2.24) is 4.90 Å². The van der Waals surface area contributed by atoms with E-state index < -0.39 is 9.84 Å². The van der Waals surface area contributed by atoms with Crippen molar-refractivity contribution in [3.8, 4) is 0 Å². The van der Waals surface area contributed by atoms with Crippen LogP contribution >= 0.6 is 0 Å². The van der Waals surface area contributed by atoms with Crippen molar-refractivity contribution in [2.24, 2.45) is 0 Å². The molecular weight excluding hydrogens is 344 g/mol. The van der Waals surface area contributed by atoms with E-state index in [0.29, 0.717) is 21.8 Å². The third kappa shape index (κ3) is 3.03. The van der Waals surface area contributed by atoms with Crippen LogP contribution in [0.25, 0.3) is 0 Å². The molecule has 0 radical (unpaired) electrons. The van der Waals surface area contributed by atoms with Crippen LogP contribution in [-0.4, -0.2) is 39.0 Å². The van der Waals surface area contributed by atoms with Crippen molar-refractivity contribution in [3.05, 3.63) is 53.6 Å². The number of sulfone groups is 1. The first kappa shape index (κ1) is 17.6. The van der Waals surface area contributed by atoms with E-state index in [0.717, 1.165) is 43.7 Å². The van der Waals surface area contributed by atoms with Crippen molar-refractivity contribution >= 4 is 15.5 Å². The van der Waals surface area contributed by atoms with Crippen LogP contribution in [-0.2, 0) is 9.84 Å². The van der Waals surface area contributed by atoms with Gasteiger partial charge in [-0.15, -0.1) is 0 Å². The number of anilines is 1. The molecule has 138 valence electrons. The van der Waals surface area contributed by atoms with Gasteiger partial charge < -0.3 is 10.2 Å². The molecule has 2 aliphatic heterocycles. The Morgan fingerprint density at radius 1 is 1.08 bits per heavy atom. The molecule has 26 heavy (non-hydrogen) atoms. The zero-order valence-corrected chi connectivity index (χ0v) is 16.2. The standard InChI is InChI=1S/C21H26N2O2S/c1-3-23-11-9-18-19-14-17(7-8-20(19)22-21(18)10-12-23)26(24,25)16-6-4-5-15(2)13-16/h4-8,13-14,18,21-22H,3,9-12H2,1-2H3/t18-,21-/m1/s1. The van der Waals surface area contributed by atoms with E-state index in [1.807, 2.05) is 25.1 Å². The van der Waals surface area contributed by atoms with Crippen molar-refractivity contribution in [2.75, 3.05) is 25.0 Å². The summed E-state index contributed by atoms with van der Waals surface area (Å²) in [5, 5.41) is 3.63. The van der Waals surface area contributed by atoms with E-state index in [1.54, 1.807) is 24.3 Å². The van der Waals surface area contributed by atoms with Crippen LogP contribution in [0.2, 0.25) is 0 Å². The molecule has 2 aliphatic rings. The largest absolute Gasteiger partial charge is 0.381 e. The number of hydrogen-bond donors (Lipinski definition) is 1. The van der Waals surface area contributed by atoms with Gasteiger partial charge >= 0.3 is 0 Å². The molecule has 2 aromatic rings. The molecule has 0 unspecified atom stereocenters. The van der Waals surface area contributed by atoms with Crippen LogP contribution in [0, 0.1) is 6.92 Å². The Labute approximate surface area is 156 Å². The second kappa shape index (κ2) is 6.71. The van der Waals surface area contributed by atoms with Gasteiger partial charge in [0.2, 0.25) is 9.84 Å². The fraction of sp³-hybridized carbons (Fsp3) is 0.429. The molecule has 2 atom stereocenters. The lowest BCUT2D eigenvalue weighted by molar-refractivity contribution is 0.298. The van der Waals surface area contributed by atoms with E-state index >= 15 is 0 Å². The van der Waals surface area contributed by atoms with Gasteiger partial charge in [0.15, 0.2) is 0 Å². The molecule has 0 amide bonds. The predicted octanol–water partition coefficient (Wildman–Crippen LogP) is 3.82. The first-order valence-electron chi connectivity index (χ1n) is 9.43. The molecule has 0 aromatic heterocycles. The van der Waals surface area contributed by atoms with Gasteiger partial charge in [0, 0.05) is 24.2 Å². The van der Waals surface area contributed by atoms with Crippen LogP contribution in [0.15, 0.2) is 52.3 Å². The van der Waals surface area contributed by atoms with Gasteiger partial charge in [-0.05, 0) is 74.3 Å². The molecule has 1 N–H and O–H groups in total. The third-order valence-corrected chi connectivity index (χ3v) is 7.57. The van der Waals surface area contributed by atoms with Gasteiger partial charge in [-0.2, -0.15) is 0 Å². The number of benzene rings is 2. The summed E-state index contributed by atoms with van der Waals surface area (Å²) in [7, 11) is -3.48. The van der Waals surface area contributed by atoms with Crippen LogP contribution in [0.1, 0.15) is 36.8 Å². The van der Waals surface area contributed by atoms with Crippen molar-refractivity contribution in [2.45, 2.75) is 48.4 Å². The second-order valence-corrected chi connectivity index (χ2v) is 9.39. The zero-order valence-electron chi connectivity index (χ0n) is 15.4. The summed E-state index contributed by atoms with van der Waals surface area (Å²) in [4.78, 5) is 3.26. The van der Waals surface area contributed by atoms with E-state index in [1.165, 1.54) is 5.56 Å². The molecule has 0 bridgehead atoms. The Kier molecular flexibility index (Phi) is 4.53. The Morgan fingerprint density at radius 2 is 1.85 bits per heavy atom. The molecule has 4 nitrogen and oxygen atoms in total. The van der Waals surface area contributed by atoms with Gasteiger partial charge in [0.25, 0.3) is 0 Å². The van der Waals surface area contributed by atoms with E-state index in [9.17, 15) is 8.42 Å². The maximum atomic E-state index is 13.1. The molecule has 1 saturated heterocycles. The summed E-state index contributed by atoms with van der Waals surface area (Å²) >= 11 is 0. The molecule has 0 aliphatic carbocycles. The quantitative estimate of drug-likeness (QED) is 0.892. The minimum absolute atomic E-state index is 0.373. The summed E-state index contributed by atoms with van der Waals surface area (Å²) in [5.41, 5.74) is 3.23. The summed E-state index contributed by atoms with van der Waals surface area (Å²) in [6.07, 6.45) is 2.18. The number of nitrogens with one attached hydrogen (secondary N) is 1. The van der Waals surface area contributed by atoms with Gasteiger partial charge in [-0.3, -0.25) is 0 Å². The van der Waals surface area contributed by atoms with Gasteiger partial charge in [-0.25, -0.2) is 8.42 Å². The lowest BCUT2D eigenvalue weighted by Gasteiger charge is -2.17. The molecular formula is C21H26N2O2S. The number of rotatable bonds is 3. The fourth-order valence-electron chi connectivity index (χ4n) is 4.28. The Bertz CT molecular complexity index is 923. The Hall–Kier alpha value is -1.85. The molecule has 2 heterocycles. The topological polar surface area (TPSA) is 49.4 Å². The van der Waals surface area contributed by atoms with Crippen LogP contribution in [0.5, 0.6) is 0 Å². The number of nitrogens with zero attached hydrogens (tertiary/aromatic N) is 1. The molecule has 4 rings (SSSR count). The fourth-order valence-corrected chi connectivity index (χ4v) is 5.68. The highest BCUT2D eigenvalue weighted by Crippen LogP contribution is 2.42. The van der Waals surface area contributed by atoms with Gasteiger partial charge in [0.05, 0.1) is 9.79 Å². The number of likely N-dealkylation sites (tertiary alicyclic amines) is 1. The lowest BCUT2D eigenvalue weighted by atomic mass is 9.91. The monoisotopic (exact) mass is 370 g/mol. The number of fused-ring (bicyclic) bond motifs is 3. The van der Waals surface area contributed by atoms with Crippen LogP contribution in [0.3, 0.4) is 0 Å². The minimum atomic E-state index is -3.48. The predicted molar refractivity (Wildman–Crippen MR) is 105 cm³/mol. The van der Waals surface area contributed by atoms with Crippen LogP contribution in [0.4, 0.5) is 5.69 Å². The first-order valence-corrected chi connectivity index (χ1v) is 10.9. The highest BCUT2D eigenvalue weighted by atomic mass is 32.2. The minimum Gasteiger partial charge on any atom is -0.381 e.